The molecule has 0 aliphatic heterocycles. The second-order valence-corrected chi connectivity index (χ2v) is 8.63. The highest BCUT2D eigenvalue weighted by atomic mass is 32.2. The third-order valence-corrected chi connectivity index (χ3v) is 5.29. The number of para-hydroxylation sites is 1. The second kappa shape index (κ2) is 8.90. The van der Waals surface area contributed by atoms with Crippen LogP contribution in [0.2, 0.25) is 0 Å². The van der Waals surface area contributed by atoms with Gasteiger partial charge in [0, 0.05) is 25.8 Å². The SMILES string of the molecule is Cc1cc(C)cc(N(CC(=O)NCCN(C)c2ccccc2)S(C)(=O)=O)c1. The van der Waals surface area contributed by atoms with Crippen molar-refractivity contribution in [3.8, 4) is 0 Å². The molecule has 0 heterocycles. The normalized spacial score (nSPS) is 11.1. The van der Waals surface area contributed by atoms with Gasteiger partial charge in [-0.3, -0.25) is 9.10 Å². The minimum Gasteiger partial charge on any atom is -0.373 e. The molecule has 0 aliphatic rings. The Morgan fingerprint density at radius 1 is 1.00 bits per heavy atom. The molecule has 2 rings (SSSR count). The summed E-state index contributed by atoms with van der Waals surface area (Å²) in [5.74, 6) is -0.332. The minimum absolute atomic E-state index is 0.239. The predicted octanol–water partition coefficient (Wildman–Crippen LogP) is 2.32. The maximum Gasteiger partial charge on any atom is 0.240 e. The van der Waals surface area contributed by atoms with Gasteiger partial charge in [-0.25, -0.2) is 8.42 Å². The van der Waals surface area contributed by atoms with Crippen molar-refractivity contribution in [2.45, 2.75) is 13.8 Å². The zero-order valence-electron chi connectivity index (χ0n) is 16.3. The molecule has 0 fully saturated rings. The van der Waals surface area contributed by atoms with E-state index in [2.05, 4.69) is 5.32 Å². The quantitative estimate of drug-likeness (QED) is 0.752. The lowest BCUT2D eigenvalue weighted by atomic mass is 10.1. The molecule has 0 unspecified atom stereocenters. The Hall–Kier alpha value is -2.54. The Balaban J connectivity index is 1.98. The molecule has 27 heavy (non-hydrogen) atoms. The number of benzene rings is 2. The Morgan fingerprint density at radius 3 is 2.15 bits per heavy atom. The lowest BCUT2D eigenvalue weighted by Gasteiger charge is -2.23. The van der Waals surface area contributed by atoms with Gasteiger partial charge in [-0.2, -0.15) is 0 Å². The second-order valence-electron chi connectivity index (χ2n) is 6.72. The number of carbonyl (C=O) groups is 1. The summed E-state index contributed by atoms with van der Waals surface area (Å²) < 4.78 is 25.5. The van der Waals surface area contributed by atoms with E-state index >= 15 is 0 Å². The lowest BCUT2D eigenvalue weighted by molar-refractivity contribution is -0.119. The standard InChI is InChI=1S/C20H27N3O3S/c1-16-12-17(2)14-19(13-16)23(27(4,25)26)15-20(24)21-10-11-22(3)18-8-6-5-7-9-18/h5-9,12-14H,10-11,15H2,1-4H3,(H,21,24). The number of aryl methyl sites for hydroxylation is 2. The molecule has 1 N–H and O–H groups in total. The summed E-state index contributed by atoms with van der Waals surface area (Å²) in [5.41, 5.74) is 3.46. The molecule has 0 aromatic heterocycles. The molecule has 146 valence electrons. The smallest absolute Gasteiger partial charge is 0.240 e. The summed E-state index contributed by atoms with van der Waals surface area (Å²) in [5, 5.41) is 2.80. The molecule has 0 atom stereocenters. The van der Waals surface area contributed by atoms with Crippen molar-refractivity contribution in [3.05, 3.63) is 59.7 Å². The van der Waals surface area contributed by atoms with Crippen molar-refractivity contribution in [2.75, 3.05) is 42.1 Å². The van der Waals surface area contributed by atoms with Crippen molar-refractivity contribution < 1.29 is 13.2 Å². The van der Waals surface area contributed by atoms with E-state index in [1.165, 1.54) is 0 Å². The largest absolute Gasteiger partial charge is 0.373 e. The first-order valence-electron chi connectivity index (χ1n) is 8.76. The third-order valence-electron chi connectivity index (χ3n) is 4.15. The molecule has 0 saturated carbocycles. The van der Waals surface area contributed by atoms with Crippen LogP contribution in [0.5, 0.6) is 0 Å². The lowest BCUT2D eigenvalue weighted by Crippen LogP contribution is -2.42. The van der Waals surface area contributed by atoms with Crippen LogP contribution in [0.3, 0.4) is 0 Å². The summed E-state index contributed by atoms with van der Waals surface area (Å²) in [6.07, 6.45) is 1.11. The average molecular weight is 390 g/mol. The van der Waals surface area contributed by atoms with Crippen molar-refractivity contribution >= 4 is 27.3 Å². The summed E-state index contributed by atoms with van der Waals surface area (Å²) in [6, 6.07) is 15.3. The van der Waals surface area contributed by atoms with Crippen LogP contribution in [0.15, 0.2) is 48.5 Å². The molecule has 2 aromatic rings. The van der Waals surface area contributed by atoms with Gasteiger partial charge >= 0.3 is 0 Å². The Bertz CT molecular complexity index is 862. The average Bonchev–Trinajstić information content (AvgIpc) is 2.58. The fourth-order valence-corrected chi connectivity index (χ4v) is 3.70. The molecular weight excluding hydrogens is 362 g/mol. The maximum absolute atomic E-state index is 12.3. The van der Waals surface area contributed by atoms with Crippen LogP contribution in [-0.2, 0) is 14.8 Å². The molecule has 0 aliphatic carbocycles. The Labute approximate surface area is 161 Å². The zero-order valence-corrected chi connectivity index (χ0v) is 17.1. The highest BCUT2D eigenvalue weighted by Gasteiger charge is 2.21. The van der Waals surface area contributed by atoms with E-state index in [1.54, 1.807) is 12.1 Å². The van der Waals surface area contributed by atoms with E-state index in [1.807, 2.05) is 62.2 Å². The number of rotatable bonds is 8. The number of likely N-dealkylation sites (N-methyl/N-ethyl adjacent to an activating group) is 1. The van der Waals surface area contributed by atoms with E-state index in [0.29, 0.717) is 18.8 Å². The molecule has 0 bridgehead atoms. The van der Waals surface area contributed by atoms with Gasteiger partial charge in [-0.15, -0.1) is 0 Å². The van der Waals surface area contributed by atoms with E-state index in [0.717, 1.165) is 27.4 Å². The van der Waals surface area contributed by atoms with Crippen LogP contribution in [0.4, 0.5) is 11.4 Å². The van der Waals surface area contributed by atoms with Crippen molar-refractivity contribution in [3.63, 3.8) is 0 Å². The monoisotopic (exact) mass is 389 g/mol. The fourth-order valence-electron chi connectivity index (χ4n) is 2.86. The first-order valence-corrected chi connectivity index (χ1v) is 10.6. The van der Waals surface area contributed by atoms with Gasteiger partial charge in [0.05, 0.1) is 11.9 Å². The molecule has 0 radical (unpaired) electrons. The summed E-state index contributed by atoms with van der Waals surface area (Å²) in [7, 11) is -1.62. The van der Waals surface area contributed by atoms with Crippen LogP contribution in [0, 0.1) is 13.8 Å². The summed E-state index contributed by atoms with van der Waals surface area (Å²) in [6.45, 7) is 4.61. The minimum atomic E-state index is -3.57. The van der Waals surface area contributed by atoms with Crippen LogP contribution in [-0.4, -0.2) is 47.3 Å². The summed E-state index contributed by atoms with van der Waals surface area (Å²) in [4.78, 5) is 14.4. The van der Waals surface area contributed by atoms with Gasteiger partial charge in [0.2, 0.25) is 15.9 Å². The van der Waals surface area contributed by atoms with Crippen LogP contribution in [0.1, 0.15) is 11.1 Å². The zero-order chi connectivity index (χ0) is 20.0. The molecule has 1 amide bonds. The number of sulfonamides is 1. The Morgan fingerprint density at radius 2 is 1.59 bits per heavy atom. The number of nitrogens with zero attached hydrogens (tertiary/aromatic N) is 2. The first-order chi connectivity index (χ1) is 12.7. The molecule has 7 heteroatoms. The van der Waals surface area contributed by atoms with Gasteiger partial charge in [-0.05, 0) is 49.2 Å². The van der Waals surface area contributed by atoms with Gasteiger partial charge in [-0.1, -0.05) is 24.3 Å². The fraction of sp³-hybridized carbons (Fsp3) is 0.350. The van der Waals surface area contributed by atoms with E-state index in [4.69, 9.17) is 0 Å². The number of anilines is 2. The molecule has 0 spiro atoms. The number of carbonyl (C=O) groups excluding carboxylic acids is 1. The van der Waals surface area contributed by atoms with Crippen molar-refractivity contribution in [1.29, 1.82) is 0 Å². The highest BCUT2D eigenvalue weighted by Crippen LogP contribution is 2.21. The van der Waals surface area contributed by atoms with Gasteiger partial charge in [0.1, 0.15) is 6.54 Å². The van der Waals surface area contributed by atoms with E-state index < -0.39 is 10.0 Å². The van der Waals surface area contributed by atoms with Gasteiger partial charge in [0.25, 0.3) is 0 Å². The molecule has 2 aromatic carbocycles. The molecule has 6 nitrogen and oxygen atoms in total. The van der Waals surface area contributed by atoms with Crippen LogP contribution < -0.4 is 14.5 Å². The summed E-state index contributed by atoms with van der Waals surface area (Å²) >= 11 is 0. The van der Waals surface area contributed by atoms with Crippen molar-refractivity contribution in [2.24, 2.45) is 0 Å². The third kappa shape index (κ3) is 6.29. The number of hydrogen-bond acceptors (Lipinski definition) is 4. The predicted molar refractivity (Wildman–Crippen MR) is 111 cm³/mol. The number of hydrogen-bond donors (Lipinski definition) is 1. The van der Waals surface area contributed by atoms with E-state index in [9.17, 15) is 13.2 Å². The van der Waals surface area contributed by atoms with Gasteiger partial charge < -0.3 is 10.2 Å². The first kappa shape index (κ1) is 20.8. The Kier molecular flexibility index (Phi) is 6.85. The van der Waals surface area contributed by atoms with Gasteiger partial charge in [0.15, 0.2) is 0 Å². The molecular formula is C20H27N3O3S. The number of amides is 1. The van der Waals surface area contributed by atoms with E-state index in [-0.39, 0.29) is 12.5 Å². The van der Waals surface area contributed by atoms with Crippen LogP contribution >= 0.6 is 0 Å². The van der Waals surface area contributed by atoms with Crippen LogP contribution in [0.25, 0.3) is 0 Å². The highest BCUT2D eigenvalue weighted by molar-refractivity contribution is 7.92. The molecule has 0 saturated heterocycles. The number of nitrogens with one attached hydrogen (secondary N) is 1. The topological polar surface area (TPSA) is 69.7 Å². The maximum atomic E-state index is 12.3. The van der Waals surface area contributed by atoms with Crippen molar-refractivity contribution in [1.82, 2.24) is 5.32 Å².